The Hall–Kier alpha value is -0.830. The quantitative estimate of drug-likeness (QED) is 0.486. The van der Waals surface area contributed by atoms with Crippen LogP contribution in [0.15, 0.2) is 28.2 Å². The summed E-state index contributed by atoms with van der Waals surface area (Å²) in [7, 11) is 0.0352. The molecular formula is C8H10O2S. The molecule has 0 fully saturated rings. The Morgan fingerprint density at radius 3 is 2.82 bits per heavy atom. The Labute approximate surface area is 68.9 Å². The number of hydrogen-bond donors (Lipinski definition) is 0. The highest BCUT2D eigenvalue weighted by atomic mass is 32.2. The van der Waals surface area contributed by atoms with Gasteiger partial charge in [0.25, 0.3) is 0 Å². The first kappa shape index (κ1) is 8.27. The van der Waals surface area contributed by atoms with Crippen LogP contribution in [0.3, 0.4) is 0 Å². The van der Waals surface area contributed by atoms with E-state index in [1.54, 1.807) is 17.5 Å². The topological polar surface area (TPSA) is 36.2 Å². The summed E-state index contributed by atoms with van der Waals surface area (Å²) in [5.41, 5.74) is 0. The molecule has 3 heteroatoms. The van der Waals surface area contributed by atoms with E-state index in [1.165, 1.54) is 6.26 Å². The predicted octanol–water partition coefficient (Wildman–Crippen LogP) is 0.816. The van der Waals surface area contributed by atoms with Crippen molar-refractivity contribution in [3.63, 3.8) is 0 Å². The Bertz CT molecular complexity index is 237. The van der Waals surface area contributed by atoms with Crippen molar-refractivity contribution in [1.29, 1.82) is 0 Å². The molecule has 1 aromatic rings. The standard InChI is InChI=1S/C8H10O2S/c1-11(2)6-7(9)8-4-3-5-10-8/h3-6H,1-2H3/b7-6-. The van der Waals surface area contributed by atoms with Crippen molar-refractivity contribution in [2.24, 2.45) is 0 Å². The van der Waals surface area contributed by atoms with E-state index >= 15 is 0 Å². The van der Waals surface area contributed by atoms with Gasteiger partial charge in [0.2, 0.25) is 0 Å². The Morgan fingerprint density at radius 1 is 1.64 bits per heavy atom. The maximum atomic E-state index is 11.2. The van der Waals surface area contributed by atoms with Gasteiger partial charge in [0.15, 0.2) is 0 Å². The van der Waals surface area contributed by atoms with Gasteiger partial charge in [-0.25, -0.2) is 0 Å². The van der Waals surface area contributed by atoms with Crippen LogP contribution in [-0.4, -0.2) is 12.5 Å². The molecule has 0 aliphatic rings. The molecule has 0 spiro atoms. The van der Waals surface area contributed by atoms with Crippen LogP contribution in [0.1, 0.15) is 5.76 Å². The molecule has 0 radical (unpaired) electrons. The normalized spacial score (nSPS) is 12.5. The fraction of sp³-hybridized carbons (Fsp3) is 0.250. The van der Waals surface area contributed by atoms with Gasteiger partial charge in [-0.1, -0.05) is 0 Å². The van der Waals surface area contributed by atoms with Gasteiger partial charge in [-0.05, 0) is 17.9 Å². The van der Waals surface area contributed by atoms with E-state index in [-0.39, 0.29) is 16.7 Å². The fourth-order valence-electron chi connectivity index (χ4n) is 0.691. The molecule has 0 aliphatic heterocycles. The van der Waals surface area contributed by atoms with Gasteiger partial charge >= 0.3 is 0 Å². The van der Waals surface area contributed by atoms with Gasteiger partial charge in [-0.2, -0.15) is 0 Å². The molecule has 0 unspecified atom stereocenters. The Kier molecular flexibility index (Phi) is 2.65. The highest BCUT2D eigenvalue weighted by molar-refractivity contribution is 7.98. The van der Waals surface area contributed by atoms with E-state index < -0.39 is 0 Å². The second-order valence-corrected chi connectivity index (χ2v) is 4.33. The van der Waals surface area contributed by atoms with Crippen molar-refractivity contribution in [2.45, 2.75) is 0 Å². The summed E-state index contributed by atoms with van der Waals surface area (Å²) >= 11 is 0. The van der Waals surface area contributed by atoms with E-state index in [4.69, 9.17) is 4.42 Å². The highest BCUT2D eigenvalue weighted by Gasteiger charge is 1.98. The molecular weight excluding hydrogens is 160 g/mol. The summed E-state index contributed by atoms with van der Waals surface area (Å²) < 4.78 is 4.92. The predicted molar refractivity (Wildman–Crippen MR) is 45.9 cm³/mol. The van der Waals surface area contributed by atoms with E-state index in [1.807, 2.05) is 12.5 Å². The first-order valence-corrected chi connectivity index (χ1v) is 5.29. The lowest BCUT2D eigenvalue weighted by molar-refractivity contribution is -0.245. The van der Waals surface area contributed by atoms with Crippen LogP contribution >= 0.6 is 0 Å². The van der Waals surface area contributed by atoms with Crippen LogP contribution in [0.2, 0.25) is 0 Å². The molecule has 0 aliphatic carbocycles. The molecule has 0 N–H and O–H groups in total. The minimum absolute atomic E-state index is 0.0247. The van der Waals surface area contributed by atoms with Gasteiger partial charge < -0.3 is 9.52 Å². The number of furan rings is 1. The molecule has 0 amide bonds. The van der Waals surface area contributed by atoms with Gasteiger partial charge in [0.05, 0.1) is 6.26 Å². The molecule has 1 rings (SSSR count). The number of hydrogen-bond acceptors (Lipinski definition) is 2. The lowest BCUT2D eigenvalue weighted by Crippen LogP contribution is -2.03. The fourth-order valence-corrected chi connectivity index (χ4v) is 1.24. The Balaban J connectivity index is 2.77. The smallest absolute Gasteiger partial charge is 0.123 e. The summed E-state index contributed by atoms with van der Waals surface area (Å²) in [6.45, 7) is 0. The van der Waals surface area contributed by atoms with Crippen LogP contribution in [-0.2, 0) is 10.9 Å². The van der Waals surface area contributed by atoms with Crippen molar-refractivity contribution in [1.82, 2.24) is 0 Å². The maximum absolute atomic E-state index is 11.2. The second kappa shape index (κ2) is 3.53. The monoisotopic (exact) mass is 170 g/mol. The molecule has 0 atom stereocenters. The average Bonchev–Trinajstić information content (AvgIpc) is 2.35. The zero-order chi connectivity index (χ0) is 8.27. The summed E-state index contributed by atoms with van der Waals surface area (Å²) in [5.74, 6) is 0.398. The third-order valence-electron chi connectivity index (χ3n) is 1.11. The molecule has 1 aromatic heterocycles. The first-order valence-electron chi connectivity index (χ1n) is 3.19. The van der Waals surface area contributed by atoms with Crippen LogP contribution in [0.25, 0.3) is 5.76 Å². The minimum Gasteiger partial charge on any atom is -0.867 e. The summed E-state index contributed by atoms with van der Waals surface area (Å²) in [6.07, 6.45) is 5.48. The second-order valence-electron chi connectivity index (χ2n) is 2.34. The van der Waals surface area contributed by atoms with Gasteiger partial charge in [0.1, 0.15) is 23.7 Å². The van der Waals surface area contributed by atoms with Crippen LogP contribution in [0, 0.1) is 0 Å². The molecule has 0 bridgehead atoms. The molecule has 0 aromatic carbocycles. The van der Waals surface area contributed by atoms with Gasteiger partial charge in [-0.3, -0.25) is 0 Å². The first-order chi connectivity index (χ1) is 5.20. The third-order valence-corrected chi connectivity index (χ3v) is 1.79. The van der Waals surface area contributed by atoms with Crippen LogP contribution in [0.5, 0.6) is 0 Å². The largest absolute Gasteiger partial charge is 0.867 e. The molecule has 0 saturated carbocycles. The van der Waals surface area contributed by atoms with E-state index in [2.05, 4.69) is 0 Å². The zero-order valence-electron chi connectivity index (χ0n) is 6.53. The summed E-state index contributed by atoms with van der Waals surface area (Å²) in [6, 6.07) is 3.39. The van der Waals surface area contributed by atoms with Crippen molar-refractivity contribution in [3.8, 4) is 0 Å². The van der Waals surface area contributed by atoms with Crippen molar-refractivity contribution in [2.75, 3.05) is 12.5 Å². The average molecular weight is 170 g/mol. The lowest BCUT2D eigenvalue weighted by Gasteiger charge is -2.04. The Morgan fingerprint density at radius 2 is 2.36 bits per heavy atom. The number of rotatable bonds is 2. The third kappa shape index (κ3) is 2.35. The van der Waals surface area contributed by atoms with E-state index in [0.717, 1.165) is 0 Å². The van der Waals surface area contributed by atoms with E-state index in [9.17, 15) is 5.11 Å². The van der Waals surface area contributed by atoms with E-state index in [0.29, 0.717) is 5.76 Å². The van der Waals surface area contributed by atoms with Crippen LogP contribution < -0.4 is 5.11 Å². The van der Waals surface area contributed by atoms with Crippen molar-refractivity contribution >= 4 is 16.7 Å². The summed E-state index contributed by atoms with van der Waals surface area (Å²) in [4.78, 5) is 0. The molecule has 2 nitrogen and oxygen atoms in total. The maximum Gasteiger partial charge on any atom is 0.123 e. The van der Waals surface area contributed by atoms with Crippen molar-refractivity contribution in [3.05, 3.63) is 29.6 Å². The molecule has 0 saturated heterocycles. The summed E-state index contributed by atoms with van der Waals surface area (Å²) in [5, 5.41) is 12.8. The zero-order valence-corrected chi connectivity index (χ0v) is 7.35. The van der Waals surface area contributed by atoms with Gasteiger partial charge in [-0.15, -0.1) is 0 Å². The molecule has 60 valence electrons. The molecule has 11 heavy (non-hydrogen) atoms. The van der Waals surface area contributed by atoms with Crippen molar-refractivity contribution < 1.29 is 9.52 Å². The SMILES string of the molecule is C[S+](C)/C=C(\[O-])c1ccco1. The van der Waals surface area contributed by atoms with Crippen LogP contribution in [0.4, 0.5) is 0 Å². The minimum atomic E-state index is -0.0247. The lowest BCUT2D eigenvalue weighted by atomic mass is 10.4. The molecule has 1 heterocycles. The highest BCUT2D eigenvalue weighted by Crippen LogP contribution is 2.09. The van der Waals surface area contributed by atoms with Gasteiger partial charge in [0, 0.05) is 10.9 Å².